The standard InChI is InChI=1S/C21H20F2N4O2/c1-13(28)26-7-9-27(10-8-26)19-6-5-14(11-17(19)23)24-12-15-20-16(22)3-2-4-18(20)25-21(15)29/h2-6,11-12,24H,7-10H2,1H3,(H,25,29)/b15-12+. The number of fused-ring (bicyclic) bond motifs is 1. The first-order valence-corrected chi connectivity index (χ1v) is 9.31. The minimum atomic E-state index is -0.500. The van der Waals surface area contributed by atoms with E-state index in [0.29, 0.717) is 43.2 Å². The van der Waals surface area contributed by atoms with Crippen LogP contribution in [0, 0.1) is 11.6 Å². The smallest absolute Gasteiger partial charge is 0.257 e. The van der Waals surface area contributed by atoms with Crippen LogP contribution in [0.3, 0.4) is 0 Å². The van der Waals surface area contributed by atoms with Gasteiger partial charge in [-0.05, 0) is 30.3 Å². The molecule has 29 heavy (non-hydrogen) atoms. The Morgan fingerprint density at radius 2 is 1.86 bits per heavy atom. The highest BCUT2D eigenvalue weighted by atomic mass is 19.1. The van der Waals surface area contributed by atoms with E-state index in [1.807, 2.05) is 4.90 Å². The van der Waals surface area contributed by atoms with Gasteiger partial charge >= 0.3 is 0 Å². The van der Waals surface area contributed by atoms with Crippen LogP contribution in [0.1, 0.15) is 12.5 Å². The Kier molecular flexibility index (Phi) is 4.92. The van der Waals surface area contributed by atoms with Crippen molar-refractivity contribution >= 4 is 34.4 Å². The van der Waals surface area contributed by atoms with E-state index in [9.17, 15) is 18.4 Å². The van der Waals surface area contributed by atoms with Crippen molar-refractivity contribution in [1.29, 1.82) is 0 Å². The molecule has 0 radical (unpaired) electrons. The number of halogens is 2. The SMILES string of the molecule is CC(=O)N1CCN(c2ccc(N/C=C3/C(=O)Nc4cccc(F)c43)cc2F)CC1. The zero-order valence-electron chi connectivity index (χ0n) is 15.8. The third-order valence-corrected chi connectivity index (χ3v) is 5.17. The van der Waals surface area contributed by atoms with Crippen LogP contribution in [-0.2, 0) is 9.59 Å². The molecule has 2 aromatic carbocycles. The summed E-state index contributed by atoms with van der Waals surface area (Å²) >= 11 is 0. The van der Waals surface area contributed by atoms with Gasteiger partial charge in [-0.25, -0.2) is 8.78 Å². The molecule has 0 aliphatic carbocycles. The average molecular weight is 398 g/mol. The molecular formula is C21H20F2N4O2. The second-order valence-electron chi connectivity index (χ2n) is 6.98. The Morgan fingerprint density at radius 3 is 2.55 bits per heavy atom. The van der Waals surface area contributed by atoms with Gasteiger partial charge in [0.05, 0.1) is 16.9 Å². The number of hydrogen-bond donors (Lipinski definition) is 2. The summed E-state index contributed by atoms with van der Waals surface area (Å²) in [5.41, 5.74) is 1.67. The molecule has 150 valence electrons. The van der Waals surface area contributed by atoms with Crippen LogP contribution < -0.4 is 15.5 Å². The third kappa shape index (κ3) is 3.65. The fraction of sp³-hybridized carbons (Fsp3) is 0.238. The summed E-state index contributed by atoms with van der Waals surface area (Å²) in [7, 11) is 0. The summed E-state index contributed by atoms with van der Waals surface area (Å²) in [6.07, 6.45) is 1.38. The lowest BCUT2D eigenvalue weighted by atomic mass is 10.1. The van der Waals surface area contributed by atoms with Crippen molar-refractivity contribution < 1.29 is 18.4 Å². The Labute approximate surface area is 166 Å². The summed E-state index contributed by atoms with van der Waals surface area (Å²) in [6.45, 7) is 3.76. The van der Waals surface area contributed by atoms with Crippen molar-refractivity contribution in [2.75, 3.05) is 41.7 Å². The molecule has 8 heteroatoms. The lowest BCUT2D eigenvalue weighted by Gasteiger charge is -2.35. The summed E-state index contributed by atoms with van der Waals surface area (Å²) in [5.74, 6) is -1.31. The normalized spacial score (nSPS) is 17.3. The molecule has 2 heterocycles. The van der Waals surface area contributed by atoms with E-state index in [4.69, 9.17) is 0 Å². The summed E-state index contributed by atoms with van der Waals surface area (Å²) in [4.78, 5) is 27.2. The third-order valence-electron chi connectivity index (χ3n) is 5.17. The van der Waals surface area contributed by atoms with E-state index < -0.39 is 17.5 Å². The van der Waals surface area contributed by atoms with Crippen molar-refractivity contribution in [1.82, 2.24) is 4.90 Å². The lowest BCUT2D eigenvalue weighted by Crippen LogP contribution is -2.48. The summed E-state index contributed by atoms with van der Waals surface area (Å²) < 4.78 is 28.7. The van der Waals surface area contributed by atoms with Crippen molar-refractivity contribution in [2.24, 2.45) is 0 Å². The zero-order chi connectivity index (χ0) is 20.5. The van der Waals surface area contributed by atoms with Crippen LogP contribution in [0.5, 0.6) is 0 Å². The first kappa shape index (κ1) is 18.9. The second kappa shape index (κ2) is 7.54. The van der Waals surface area contributed by atoms with E-state index in [1.54, 1.807) is 23.1 Å². The molecule has 0 bridgehead atoms. The molecule has 0 spiro atoms. The van der Waals surface area contributed by atoms with E-state index in [2.05, 4.69) is 10.6 Å². The molecule has 0 aromatic heterocycles. The predicted octanol–water partition coefficient (Wildman–Crippen LogP) is 3.04. The van der Waals surface area contributed by atoms with Crippen LogP contribution >= 0.6 is 0 Å². The maximum Gasteiger partial charge on any atom is 0.257 e. The minimum Gasteiger partial charge on any atom is -0.366 e. The van der Waals surface area contributed by atoms with E-state index >= 15 is 0 Å². The highest BCUT2D eigenvalue weighted by Crippen LogP contribution is 2.34. The monoisotopic (exact) mass is 398 g/mol. The first-order valence-electron chi connectivity index (χ1n) is 9.31. The average Bonchev–Trinajstić information content (AvgIpc) is 3.03. The molecule has 2 aromatic rings. The topological polar surface area (TPSA) is 64.7 Å². The summed E-state index contributed by atoms with van der Waals surface area (Å²) in [6, 6.07) is 9.11. The van der Waals surface area contributed by atoms with Gasteiger partial charge in [-0.2, -0.15) is 0 Å². The predicted molar refractivity (Wildman–Crippen MR) is 107 cm³/mol. The van der Waals surface area contributed by atoms with Crippen molar-refractivity contribution in [3.8, 4) is 0 Å². The maximum atomic E-state index is 14.6. The zero-order valence-corrected chi connectivity index (χ0v) is 15.8. The number of amides is 2. The number of nitrogens with one attached hydrogen (secondary N) is 2. The molecule has 4 rings (SSSR count). The Morgan fingerprint density at radius 1 is 1.10 bits per heavy atom. The molecule has 6 nitrogen and oxygen atoms in total. The van der Waals surface area contributed by atoms with Gasteiger partial charge in [-0.15, -0.1) is 0 Å². The number of nitrogens with zero attached hydrogens (tertiary/aromatic N) is 2. The van der Waals surface area contributed by atoms with Crippen LogP contribution in [-0.4, -0.2) is 42.9 Å². The van der Waals surface area contributed by atoms with Crippen molar-refractivity contribution in [2.45, 2.75) is 6.92 Å². The number of benzene rings is 2. The van der Waals surface area contributed by atoms with Gasteiger partial charge in [0.1, 0.15) is 11.6 Å². The van der Waals surface area contributed by atoms with E-state index in [-0.39, 0.29) is 17.0 Å². The van der Waals surface area contributed by atoms with E-state index in [1.165, 1.54) is 31.3 Å². The lowest BCUT2D eigenvalue weighted by molar-refractivity contribution is -0.129. The number of anilines is 3. The molecule has 2 amide bonds. The van der Waals surface area contributed by atoms with Crippen LogP contribution in [0.15, 0.2) is 42.6 Å². The largest absolute Gasteiger partial charge is 0.366 e. The molecule has 0 unspecified atom stereocenters. The minimum absolute atomic E-state index is 0.0201. The molecular weight excluding hydrogens is 378 g/mol. The fourth-order valence-electron chi connectivity index (χ4n) is 3.61. The van der Waals surface area contributed by atoms with Gasteiger partial charge in [0.25, 0.3) is 5.91 Å². The Balaban J connectivity index is 1.49. The van der Waals surface area contributed by atoms with Gasteiger partial charge in [0, 0.05) is 50.6 Å². The Hall–Kier alpha value is -3.42. The highest BCUT2D eigenvalue weighted by Gasteiger charge is 2.27. The summed E-state index contributed by atoms with van der Waals surface area (Å²) in [5, 5.41) is 5.48. The number of carbonyl (C=O) groups is 2. The van der Waals surface area contributed by atoms with Crippen LogP contribution in [0.4, 0.5) is 25.8 Å². The molecule has 0 atom stereocenters. The second-order valence-corrected chi connectivity index (χ2v) is 6.98. The number of piperazine rings is 1. The first-order chi connectivity index (χ1) is 13.9. The van der Waals surface area contributed by atoms with Gasteiger partial charge in [-0.1, -0.05) is 6.07 Å². The number of hydrogen-bond acceptors (Lipinski definition) is 4. The molecule has 1 saturated heterocycles. The number of rotatable bonds is 3. The van der Waals surface area contributed by atoms with Crippen molar-refractivity contribution in [3.05, 3.63) is 59.8 Å². The maximum absolute atomic E-state index is 14.6. The molecule has 0 saturated carbocycles. The fourth-order valence-corrected chi connectivity index (χ4v) is 3.61. The molecule has 2 N–H and O–H groups in total. The van der Waals surface area contributed by atoms with Crippen LogP contribution in [0.25, 0.3) is 5.57 Å². The van der Waals surface area contributed by atoms with Gasteiger partial charge in [-0.3, -0.25) is 9.59 Å². The molecule has 2 aliphatic heterocycles. The van der Waals surface area contributed by atoms with Crippen LogP contribution in [0.2, 0.25) is 0 Å². The number of carbonyl (C=O) groups excluding carboxylic acids is 2. The van der Waals surface area contributed by atoms with Gasteiger partial charge in [0.15, 0.2) is 0 Å². The van der Waals surface area contributed by atoms with E-state index in [0.717, 1.165) is 0 Å². The van der Waals surface area contributed by atoms with Gasteiger partial charge in [0.2, 0.25) is 5.91 Å². The Bertz CT molecular complexity index is 1010. The quantitative estimate of drug-likeness (QED) is 0.781. The molecule has 2 aliphatic rings. The highest BCUT2D eigenvalue weighted by molar-refractivity contribution is 6.31. The molecule has 1 fully saturated rings. The van der Waals surface area contributed by atoms with Crippen molar-refractivity contribution in [3.63, 3.8) is 0 Å². The van der Waals surface area contributed by atoms with Gasteiger partial charge < -0.3 is 20.4 Å².